The first-order chi connectivity index (χ1) is 27.0. The lowest BCUT2D eigenvalue weighted by atomic mass is 9.78. The van der Waals surface area contributed by atoms with Gasteiger partial charge in [-0.15, -0.1) is 0 Å². The predicted molar refractivity (Wildman–Crippen MR) is 220 cm³/mol. The second-order valence-electron chi connectivity index (χ2n) is 19.0. The average molecular weight is 829 g/mol. The molecule has 5 saturated heterocycles. The van der Waals surface area contributed by atoms with Crippen molar-refractivity contribution in [1.29, 1.82) is 0 Å². The van der Waals surface area contributed by atoms with Crippen LogP contribution in [0, 0.1) is 17.8 Å². The fourth-order valence-electron chi connectivity index (χ4n) is 10.1. The fourth-order valence-corrected chi connectivity index (χ4v) is 10.1. The quantitative estimate of drug-likeness (QED) is 0.223. The van der Waals surface area contributed by atoms with Gasteiger partial charge in [0.1, 0.15) is 23.9 Å². The third-order valence-corrected chi connectivity index (χ3v) is 13.6. The molecule has 0 amide bonds. The number of nitrogens with zero attached hydrogens (tertiary/aromatic N) is 2. The summed E-state index contributed by atoms with van der Waals surface area (Å²) in [6, 6.07) is -0.292. The van der Waals surface area contributed by atoms with E-state index in [0.29, 0.717) is 31.4 Å². The third kappa shape index (κ3) is 11.0. The molecule has 0 aliphatic carbocycles. The molecule has 14 nitrogen and oxygen atoms in total. The number of aliphatic hydroxyl groups excluding tert-OH is 2. The van der Waals surface area contributed by atoms with E-state index in [4.69, 9.17) is 37.9 Å². The molecule has 0 unspecified atom stereocenters. The summed E-state index contributed by atoms with van der Waals surface area (Å²) in [5, 5.41) is 35.4. The molecule has 5 heterocycles. The van der Waals surface area contributed by atoms with Gasteiger partial charge in [0.15, 0.2) is 12.6 Å². The van der Waals surface area contributed by atoms with Crippen molar-refractivity contribution in [1.82, 2.24) is 9.80 Å². The minimum atomic E-state index is -1.58. The highest BCUT2D eigenvalue weighted by atomic mass is 16.7. The van der Waals surface area contributed by atoms with Gasteiger partial charge in [0, 0.05) is 38.1 Å². The zero-order valence-electron chi connectivity index (χ0n) is 38.1. The standard InChI is InChI=1S/C44H80N2O12/c1-16-18-46-22-26(4)38-44(12,50)33(17-2)56-40(49)30(8)36(57-34-21-42(10,51-15)37(48)31(9)55-34)29(7)39(43(11,20-27(46)5)53-24-25(3)23-52-38)58-41-35(47)32(45(13)14)19-28(6)54-41/h26-39,41,47-48,50H,3,16-24H2,1-2,4-15H3/t26-,27+,28+,29-,30+,31-,32-,33+,34-,35+,36-,37-,38-,39+,41-,42+,43+,44+/m0/s1. The van der Waals surface area contributed by atoms with Gasteiger partial charge in [-0.2, -0.15) is 0 Å². The van der Waals surface area contributed by atoms with Crippen molar-refractivity contribution >= 4 is 5.97 Å². The van der Waals surface area contributed by atoms with Crippen molar-refractivity contribution in [2.24, 2.45) is 17.8 Å². The van der Waals surface area contributed by atoms with E-state index in [2.05, 4.69) is 32.3 Å². The number of ether oxygens (including phenoxy) is 8. The number of hydrogen-bond acceptors (Lipinski definition) is 14. The van der Waals surface area contributed by atoms with E-state index < -0.39 is 89.9 Å². The molecular weight excluding hydrogens is 748 g/mol. The maximum atomic E-state index is 14.6. The molecule has 58 heavy (non-hydrogen) atoms. The first-order valence-corrected chi connectivity index (χ1v) is 21.8. The number of methoxy groups -OCH3 is 1. The smallest absolute Gasteiger partial charge is 0.311 e. The maximum absolute atomic E-state index is 14.6. The van der Waals surface area contributed by atoms with Gasteiger partial charge in [0.05, 0.1) is 60.9 Å². The number of hydrogen-bond donors (Lipinski definition) is 3. The van der Waals surface area contributed by atoms with E-state index in [0.717, 1.165) is 13.0 Å². The van der Waals surface area contributed by atoms with Crippen molar-refractivity contribution in [3.63, 3.8) is 0 Å². The Labute approximate surface area is 349 Å². The third-order valence-electron chi connectivity index (χ3n) is 13.6. The monoisotopic (exact) mass is 829 g/mol. The van der Waals surface area contributed by atoms with Gasteiger partial charge in [-0.25, -0.2) is 0 Å². The van der Waals surface area contributed by atoms with Crippen LogP contribution < -0.4 is 0 Å². The molecule has 0 aromatic heterocycles. The Kier molecular flexibility index (Phi) is 17.3. The summed E-state index contributed by atoms with van der Waals surface area (Å²) < 4.78 is 52.6. The first kappa shape index (κ1) is 49.4. The van der Waals surface area contributed by atoms with Gasteiger partial charge >= 0.3 is 5.97 Å². The molecule has 2 bridgehead atoms. The van der Waals surface area contributed by atoms with Gasteiger partial charge < -0.3 is 63.0 Å². The molecule has 14 heteroatoms. The van der Waals surface area contributed by atoms with E-state index in [1.54, 1.807) is 27.9 Å². The van der Waals surface area contributed by atoms with Crippen molar-refractivity contribution in [3.8, 4) is 0 Å². The van der Waals surface area contributed by atoms with Crippen LogP contribution in [0.1, 0.15) is 108 Å². The molecule has 0 radical (unpaired) electrons. The van der Waals surface area contributed by atoms with Crippen LogP contribution in [0.2, 0.25) is 0 Å². The molecule has 18 atom stereocenters. The number of esters is 1. The molecule has 5 rings (SSSR count). The van der Waals surface area contributed by atoms with E-state index in [9.17, 15) is 20.1 Å². The summed E-state index contributed by atoms with van der Waals surface area (Å²) in [6.45, 7) is 27.3. The summed E-state index contributed by atoms with van der Waals surface area (Å²) in [5.41, 5.74) is -2.98. The van der Waals surface area contributed by atoms with Crippen molar-refractivity contribution in [2.45, 2.75) is 199 Å². The molecule has 5 aliphatic rings. The van der Waals surface area contributed by atoms with Crippen LogP contribution in [-0.4, -0.2) is 169 Å². The van der Waals surface area contributed by atoms with Crippen LogP contribution in [0.4, 0.5) is 0 Å². The van der Waals surface area contributed by atoms with E-state index in [1.807, 2.05) is 53.6 Å². The van der Waals surface area contributed by atoms with E-state index >= 15 is 0 Å². The lowest BCUT2D eigenvalue weighted by Crippen LogP contribution is -2.61. The van der Waals surface area contributed by atoms with Crippen molar-refractivity contribution < 1.29 is 58.0 Å². The first-order valence-electron chi connectivity index (χ1n) is 21.8. The van der Waals surface area contributed by atoms with Crippen LogP contribution in [0.5, 0.6) is 0 Å². The number of likely N-dealkylation sites (N-methyl/N-ethyl adjacent to an activating group) is 1. The topological polar surface area (TPSA) is 158 Å². The molecule has 0 spiro atoms. The summed E-state index contributed by atoms with van der Waals surface area (Å²) in [7, 11) is 5.42. The van der Waals surface area contributed by atoms with Crippen LogP contribution in [0.15, 0.2) is 12.2 Å². The summed E-state index contributed by atoms with van der Waals surface area (Å²) >= 11 is 0. The normalized spacial score (nSPS) is 47.1. The molecule has 338 valence electrons. The SMILES string of the molecule is C=C1CO[C@H]2[C@@H](C)CN(CCC)[C@H](C)C[C@@](C)(OC1)[C@H](O[C@@H]1O[C@H](C)C[C@H](N(C)C)[C@H]1O)[C@@H](C)[C@H](O[C@H]1C[C@@](C)(OC)[C@@H](O)[C@H](C)O1)[C@@H](C)C(=O)O[C@H](CC)[C@@]2(C)O. The number of rotatable bonds is 9. The van der Waals surface area contributed by atoms with Crippen LogP contribution >= 0.6 is 0 Å². The zero-order valence-corrected chi connectivity index (χ0v) is 38.1. The van der Waals surface area contributed by atoms with Crippen molar-refractivity contribution in [2.75, 3.05) is 47.5 Å². The van der Waals surface area contributed by atoms with E-state index in [1.165, 1.54) is 0 Å². The molecule has 0 aromatic carbocycles. The Balaban J connectivity index is 1.97. The largest absolute Gasteiger partial charge is 0.459 e. The lowest BCUT2D eigenvalue weighted by Gasteiger charge is -2.50. The Hall–Kier alpha value is -1.27. The van der Waals surface area contributed by atoms with Gasteiger partial charge in [-0.05, 0) is 106 Å². The number of aliphatic hydroxyl groups is 3. The number of carbonyl (C=O) groups excluding carboxylic acids is 1. The predicted octanol–water partition coefficient (Wildman–Crippen LogP) is 4.30. The van der Waals surface area contributed by atoms with Gasteiger partial charge in [0.25, 0.3) is 0 Å². The Morgan fingerprint density at radius 1 is 0.983 bits per heavy atom. The second kappa shape index (κ2) is 20.3. The van der Waals surface area contributed by atoms with Gasteiger partial charge in [0.2, 0.25) is 0 Å². The number of fused-ring (bicyclic) bond motifs is 15. The zero-order chi connectivity index (χ0) is 43.5. The molecule has 5 fully saturated rings. The Morgan fingerprint density at radius 3 is 2.26 bits per heavy atom. The Bertz CT molecular complexity index is 1340. The van der Waals surface area contributed by atoms with Crippen molar-refractivity contribution in [3.05, 3.63) is 12.2 Å². The molecular formula is C44H80N2O12. The minimum absolute atomic E-state index is 0.0529. The minimum Gasteiger partial charge on any atom is -0.459 e. The molecule has 0 saturated carbocycles. The lowest BCUT2D eigenvalue weighted by molar-refractivity contribution is -0.320. The Morgan fingerprint density at radius 2 is 1.66 bits per heavy atom. The molecule has 3 N–H and O–H groups in total. The highest BCUT2D eigenvalue weighted by Gasteiger charge is 2.54. The summed E-state index contributed by atoms with van der Waals surface area (Å²) in [4.78, 5) is 19.0. The summed E-state index contributed by atoms with van der Waals surface area (Å²) in [5.74, 6) is -2.29. The van der Waals surface area contributed by atoms with Gasteiger partial charge in [-0.1, -0.05) is 34.3 Å². The average Bonchev–Trinajstić information content (AvgIpc) is 3.15. The molecule has 5 aliphatic heterocycles. The van der Waals surface area contributed by atoms with Crippen LogP contribution in [-0.2, 0) is 42.7 Å². The number of carbonyl (C=O) groups is 1. The highest BCUT2D eigenvalue weighted by Crippen LogP contribution is 2.42. The van der Waals surface area contributed by atoms with E-state index in [-0.39, 0.29) is 43.7 Å². The maximum Gasteiger partial charge on any atom is 0.311 e. The van der Waals surface area contributed by atoms with Crippen LogP contribution in [0.3, 0.4) is 0 Å². The van der Waals surface area contributed by atoms with Crippen LogP contribution in [0.25, 0.3) is 0 Å². The molecule has 0 aromatic rings. The highest BCUT2D eigenvalue weighted by molar-refractivity contribution is 5.73. The fraction of sp³-hybridized carbons (Fsp3) is 0.932. The summed E-state index contributed by atoms with van der Waals surface area (Å²) in [6.07, 6.45) is -5.60. The van der Waals surface area contributed by atoms with Gasteiger partial charge in [-0.3, -0.25) is 4.79 Å². The second-order valence-corrected chi connectivity index (χ2v) is 19.0.